The van der Waals surface area contributed by atoms with E-state index in [1.807, 2.05) is 0 Å². The van der Waals surface area contributed by atoms with E-state index in [0.717, 1.165) is 25.0 Å². The topological polar surface area (TPSA) is 26.3 Å². The van der Waals surface area contributed by atoms with Gasteiger partial charge in [0.15, 0.2) is 5.78 Å². The average molecular weight is 258 g/mol. The van der Waals surface area contributed by atoms with Crippen LogP contribution < -0.4 is 0 Å². The molecule has 0 bridgehead atoms. The van der Waals surface area contributed by atoms with E-state index in [0.29, 0.717) is 12.2 Å². The van der Waals surface area contributed by atoms with Crippen molar-refractivity contribution in [3.05, 3.63) is 35.4 Å². The second-order valence-corrected chi connectivity index (χ2v) is 4.34. The van der Waals surface area contributed by atoms with Crippen LogP contribution in [0.1, 0.15) is 35.2 Å². The molecule has 0 radical (unpaired) electrons. The Morgan fingerprint density at radius 2 is 1.94 bits per heavy atom. The van der Waals surface area contributed by atoms with E-state index in [9.17, 15) is 18.0 Å². The fraction of sp³-hybridized carbons (Fsp3) is 0.462. The fourth-order valence-electron chi connectivity index (χ4n) is 1.98. The molecular formula is C13H13F3O2. The van der Waals surface area contributed by atoms with Crippen LogP contribution in [0.2, 0.25) is 0 Å². The molecule has 0 amide bonds. The first-order valence-electron chi connectivity index (χ1n) is 5.79. The third kappa shape index (κ3) is 3.10. The van der Waals surface area contributed by atoms with Crippen LogP contribution in [0.3, 0.4) is 0 Å². The highest BCUT2D eigenvalue weighted by atomic mass is 19.4. The first-order valence-corrected chi connectivity index (χ1v) is 5.79. The van der Waals surface area contributed by atoms with Crippen LogP contribution >= 0.6 is 0 Å². The average Bonchev–Trinajstić information content (AvgIpc) is 2.81. The van der Waals surface area contributed by atoms with Gasteiger partial charge in [-0.15, -0.1) is 0 Å². The van der Waals surface area contributed by atoms with Crippen molar-refractivity contribution in [3.8, 4) is 0 Å². The van der Waals surface area contributed by atoms with Gasteiger partial charge in [0, 0.05) is 18.6 Å². The predicted molar refractivity (Wildman–Crippen MR) is 59.4 cm³/mol. The van der Waals surface area contributed by atoms with Crippen molar-refractivity contribution < 1.29 is 22.7 Å². The highest BCUT2D eigenvalue weighted by molar-refractivity contribution is 5.96. The van der Waals surface area contributed by atoms with Gasteiger partial charge in [0.1, 0.15) is 0 Å². The van der Waals surface area contributed by atoms with Gasteiger partial charge in [-0.1, -0.05) is 12.1 Å². The summed E-state index contributed by atoms with van der Waals surface area (Å²) in [6, 6.07) is 4.31. The Hall–Kier alpha value is -1.36. The minimum absolute atomic E-state index is 0.0835. The Labute approximate surface area is 103 Å². The van der Waals surface area contributed by atoms with Gasteiger partial charge in [0.2, 0.25) is 0 Å². The van der Waals surface area contributed by atoms with Crippen molar-refractivity contribution in [1.29, 1.82) is 0 Å². The number of Topliss-reactive ketones (excluding diaryl/α,β-unsaturated/α-hetero) is 1. The maximum absolute atomic E-state index is 12.3. The molecule has 0 unspecified atom stereocenters. The third-order valence-electron chi connectivity index (χ3n) is 2.97. The molecule has 0 saturated carbocycles. The molecule has 2 rings (SSSR count). The van der Waals surface area contributed by atoms with Gasteiger partial charge in [-0.3, -0.25) is 4.79 Å². The highest BCUT2D eigenvalue weighted by Crippen LogP contribution is 2.29. The molecule has 1 aliphatic rings. The van der Waals surface area contributed by atoms with Crippen LogP contribution in [-0.2, 0) is 10.9 Å². The van der Waals surface area contributed by atoms with Crippen molar-refractivity contribution in [1.82, 2.24) is 0 Å². The summed E-state index contributed by atoms with van der Waals surface area (Å²) in [5, 5.41) is 0. The molecule has 18 heavy (non-hydrogen) atoms. The summed E-state index contributed by atoms with van der Waals surface area (Å²) in [4.78, 5) is 11.8. The van der Waals surface area contributed by atoms with Gasteiger partial charge < -0.3 is 4.74 Å². The number of ether oxygens (including phenoxy) is 1. The van der Waals surface area contributed by atoms with Gasteiger partial charge in [0.05, 0.1) is 11.7 Å². The number of carbonyl (C=O) groups excluding carboxylic acids is 1. The molecule has 0 aliphatic carbocycles. The summed E-state index contributed by atoms with van der Waals surface area (Å²) in [5.41, 5.74) is -0.435. The first-order chi connectivity index (χ1) is 8.47. The van der Waals surface area contributed by atoms with E-state index in [2.05, 4.69) is 0 Å². The van der Waals surface area contributed by atoms with Crippen molar-refractivity contribution >= 4 is 5.78 Å². The Balaban J connectivity index is 2.02. The standard InChI is InChI=1S/C13H13F3O2/c14-13(15,16)10-5-3-9(4-6-10)12(17)8-11-2-1-7-18-11/h3-6,11H,1-2,7-8H2/t11-/m1/s1. The van der Waals surface area contributed by atoms with Crippen LogP contribution in [0.5, 0.6) is 0 Å². The molecule has 1 aromatic carbocycles. The number of hydrogen-bond donors (Lipinski definition) is 0. The largest absolute Gasteiger partial charge is 0.416 e. The number of ketones is 1. The molecule has 1 fully saturated rings. The lowest BCUT2D eigenvalue weighted by Gasteiger charge is -2.09. The van der Waals surface area contributed by atoms with Crippen LogP contribution in [-0.4, -0.2) is 18.5 Å². The van der Waals surface area contributed by atoms with Crippen molar-refractivity contribution in [2.24, 2.45) is 0 Å². The van der Waals surface area contributed by atoms with Crippen LogP contribution in [0.4, 0.5) is 13.2 Å². The Bertz CT molecular complexity index is 417. The molecular weight excluding hydrogens is 245 g/mol. The number of carbonyl (C=O) groups is 1. The summed E-state index contributed by atoms with van der Waals surface area (Å²) in [7, 11) is 0. The maximum atomic E-state index is 12.3. The monoisotopic (exact) mass is 258 g/mol. The number of hydrogen-bond acceptors (Lipinski definition) is 2. The normalized spacial score (nSPS) is 20.1. The summed E-state index contributed by atoms with van der Waals surface area (Å²) >= 11 is 0. The second-order valence-electron chi connectivity index (χ2n) is 4.34. The molecule has 0 N–H and O–H groups in total. The molecule has 5 heteroatoms. The summed E-state index contributed by atoms with van der Waals surface area (Å²) in [6.07, 6.45) is -2.43. The van der Waals surface area contributed by atoms with Gasteiger partial charge in [-0.2, -0.15) is 13.2 Å². The van der Waals surface area contributed by atoms with E-state index in [1.165, 1.54) is 12.1 Å². The Morgan fingerprint density at radius 1 is 1.28 bits per heavy atom. The van der Waals surface area contributed by atoms with Crippen molar-refractivity contribution in [3.63, 3.8) is 0 Å². The number of halogens is 3. The number of alkyl halides is 3. The molecule has 98 valence electrons. The van der Waals surface area contributed by atoms with Gasteiger partial charge in [-0.25, -0.2) is 0 Å². The van der Waals surface area contributed by atoms with Gasteiger partial charge >= 0.3 is 6.18 Å². The molecule has 1 aromatic rings. The molecule has 1 aliphatic heterocycles. The van der Waals surface area contributed by atoms with Crippen molar-refractivity contribution in [2.45, 2.75) is 31.5 Å². The predicted octanol–water partition coefficient (Wildman–Crippen LogP) is 3.46. The molecule has 0 aromatic heterocycles. The Morgan fingerprint density at radius 3 is 2.44 bits per heavy atom. The quantitative estimate of drug-likeness (QED) is 0.776. The maximum Gasteiger partial charge on any atom is 0.416 e. The number of benzene rings is 1. The van der Waals surface area contributed by atoms with Crippen molar-refractivity contribution in [2.75, 3.05) is 6.61 Å². The molecule has 2 nitrogen and oxygen atoms in total. The lowest BCUT2D eigenvalue weighted by Crippen LogP contribution is -2.13. The van der Waals surface area contributed by atoms with E-state index >= 15 is 0 Å². The van der Waals surface area contributed by atoms with Gasteiger partial charge in [0.25, 0.3) is 0 Å². The smallest absolute Gasteiger partial charge is 0.378 e. The zero-order valence-corrected chi connectivity index (χ0v) is 9.67. The highest BCUT2D eigenvalue weighted by Gasteiger charge is 2.30. The molecule has 0 spiro atoms. The minimum atomic E-state index is -4.36. The first kappa shape index (κ1) is 13.1. The lowest BCUT2D eigenvalue weighted by atomic mass is 10.0. The van der Waals surface area contributed by atoms with E-state index in [4.69, 9.17) is 4.74 Å². The summed E-state index contributed by atoms with van der Waals surface area (Å²) in [5.74, 6) is -0.171. The Kier molecular flexibility index (Phi) is 3.71. The molecule has 1 atom stereocenters. The zero-order valence-electron chi connectivity index (χ0n) is 9.67. The summed E-state index contributed by atoms with van der Waals surface area (Å²) < 4.78 is 42.4. The van der Waals surface area contributed by atoms with Crippen LogP contribution in [0.25, 0.3) is 0 Å². The van der Waals surface area contributed by atoms with Gasteiger partial charge in [-0.05, 0) is 25.0 Å². The lowest BCUT2D eigenvalue weighted by molar-refractivity contribution is -0.137. The SMILES string of the molecule is O=C(C[C@H]1CCCO1)c1ccc(C(F)(F)F)cc1. The van der Waals surface area contributed by atoms with E-state index in [-0.39, 0.29) is 18.3 Å². The summed E-state index contributed by atoms with van der Waals surface area (Å²) in [6.45, 7) is 0.658. The third-order valence-corrected chi connectivity index (χ3v) is 2.97. The molecule has 1 saturated heterocycles. The van der Waals surface area contributed by atoms with E-state index < -0.39 is 11.7 Å². The minimum Gasteiger partial charge on any atom is -0.378 e. The fourth-order valence-corrected chi connectivity index (χ4v) is 1.98. The number of rotatable bonds is 3. The molecule has 1 heterocycles. The zero-order chi connectivity index (χ0) is 13.2. The van der Waals surface area contributed by atoms with E-state index in [1.54, 1.807) is 0 Å². The second kappa shape index (κ2) is 5.10. The van der Waals surface area contributed by atoms with Crippen LogP contribution in [0.15, 0.2) is 24.3 Å². The van der Waals surface area contributed by atoms with Crippen LogP contribution in [0, 0.1) is 0 Å².